The number of fused-ring (bicyclic) bond motifs is 1. The lowest BCUT2D eigenvalue weighted by atomic mass is 9.85. The Morgan fingerprint density at radius 3 is 2.43 bits per heavy atom. The Hall–Kier alpha value is -2.45. The molecule has 2 fully saturated rings. The van der Waals surface area contributed by atoms with Crippen molar-refractivity contribution in [2.75, 3.05) is 0 Å². The van der Waals surface area contributed by atoms with E-state index in [0.717, 1.165) is 0 Å². The summed E-state index contributed by atoms with van der Waals surface area (Å²) >= 11 is 0. The molecule has 7 atom stereocenters. The number of hydrogen-bond donors (Lipinski definition) is 1. The Morgan fingerprint density at radius 1 is 1.23 bits per heavy atom. The van der Waals surface area contributed by atoms with Crippen molar-refractivity contribution in [1.29, 1.82) is 0 Å². The lowest BCUT2D eigenvalue weighted by Crippen LogP contribution is -2.37. The highest BCUT2D eigenvalue weighted by atomic mass is 16.7. The summed E-state index contributed by atoms with van der Waals surface area (Å²) in [5.74, 6) is -2.32. The molecule has 0 aromatic heterocycles. The highest BCUT2D eigenvalue weighted by molar-refractivity contribution is 5.91. The van der Waals surface area contributed by atoms with E-state index in [1.807, 2.05) is 0 Å². The summed E-state index contributed by atoms with van der Waals surface area (Å²) in [5, 5.41) is 10.7. The highest BCUT2D eigenvalue weighted by Crippen LogP contribution is 2.40. The SMILES string of the molecule is C=C1C(=O)O[C@H]2/C=C(/C)[C@H](OC(C)=O)C[C@@H](O)/C(C)=C\[C@H](OC(=O)[C@@]3(C)O[C@H]3C)[C@H]12. The molecule has 0 unspecified atom stereocenters. The van der Waals surface area contributed by atoms with Gasteiger partial charge in [-0.15, -0.1) is 0 Å². The minimum atomic E-state index is -1.04. The first-order valence-corrected chi connectivity index (χ1v) is 9.94. The lowest BCUT2D eigenvalue weighted by molar-refractivity contribution is -0.155. The van der Waals surface area contributed by atoms with E-state index in [0.29, 0.717) is 11.1 Å². The predicted molar refractivity (Wildman–Crippen MR) is 105 cm³/mol. The fraction of sp³-hybridized carbons (Fsp3) is 0.591. The lowest BCUT2D eigenvalue weighted by Gasteiger charge is -2.29. The molecule has 3 aliphatic rings. The van der Waals surface area contributed by atoms with Gasteiger partial charge in [-0.3, -0.25) is 4.79 Å². The molecule has 8 heteroatoms. The summed E-state index contributed by atoms with van der Waals surface area (Å²) in [4.78, 5) is 36.5. The Bertz CT molecular complexity index is 840. The van der Waals surface area contributed by atoms with Crippen LogP contribution in [0.15, 0.2) is 35.5 Å². The van der Waals surface area contributed by atoms with Gasteiger partial charge in [-0.05, 0) is 51.0 Å². The van der Waals surface area contributed by atoms with Crippen molar-refractivity contribution in [3.05, 3.63) is 35.5 Å². The monoisotopic (exact) mass is 420 g/mol. The summed E-state index contributed by atoms with van der Waals surface area (Å²) in [5.41, 5.74) is 0.260. The number of aliphatic hydroxyl groups excluding tert-OH is 1. The number of hydrogen-bond acceptors (Lipinski definition) is 8. The predicted octanol–water partition coefficient (Wildman–Crippen LogP) is 1.76. The van der Waals surface area contributed by atoms with Gasteiger partial charge >= 0.3 is 17.9 Å². The molecule has 0 aromatic rings. The van der Waals surface area contributed by atoms with Crippen LogP contribution in [-0.4, -0.2) is 59.1 Å². The van der Waals surface area contributed by atoms with Gasteiger partial charge in [0.05, 0.1) is 18.1 Å². The van der Waals surface area contributed by atoms with E-state index in [9.17, 15) is 19.5 Å². The summed E-state index contributed by atoms with van der Waals surface area (Å²) in [6.45, 7) is 11.9. The molecule has 1 aliphatic carbocycles. The van der Waals surface area contributed by atoms with Crippen molar-refractivity contribution >= 4 is 17.9 Å². The number of epoxide rings is 1. The van der Waals surface area contributed by atoms with Gasteiger partial charge in [0.25, 0.3) is 0 Å². The molecule has 8 nitrogen and oxygen atoms in total. The van der Waals surface area contributed by atoms with Crippen LogP contribution in [0.2, 0.25) is 0 Å². The van der Waals surface area contributed by atoms with Crippen LogP contribution in [0.5, 0.6) is 0 Å². The van der Waals surface area contributed by atoms with E-state index in [-0.39, 0.29) is 18.1 Å². The largest absolute Gasteiger partial charge is 0.458 e. The average Bonchev–Trinajstić information content (AvgIpc) is 3.17. The molecular weight excluding hydrogens is 392 g/mol. The zero-order valence-corrected chi connectivity index (χ0v) is 17.8. The van der Waals surface area contributed by atoms with Crippen LogP contribution in [0.4, 0.5) is 0 Å². The molecule has 0 spiro atoms. The number of esters is 3. The van der Waals surface area contributed by atoms with Gasteiger partial charge in [0.2, 0.25) is 0 Å². The maximum Gasteiger partial charge on any atom is 0.341 e. The zero-order chi connectivity index (χ0) is 22.4. The molecule has 0 radical (unpaired) electrons. The second-order valence-electron chi connectivity index (χ2n) is 8.33. The number of carbonyl (C=O) groups excluding carboxylic acids is 3. The normalized spacial score (nSPS) is 42.1. The van der Waals surface area contributed by atoms with Crippen molar-refractivity contribution in [3.63, 3.8) is 0 Å². The second-order valence-corrected chi connectivity index (χ2v) is 8.33. The van der Waals surface area contributed by atoms with Crippen molar-refractivity contribution in [3.8, 4) is 0 Å². The third kappa shape index (κ3) is 4.20. The van der Waals surface area contributed by atoms with Gasteiger partial charge in [0.15, 0.2) is 5.60 Å². The van der Waals surface area contributed by atoms with Crippen molar-refractivity contribution < 1.29 is 38.4 Å². The van der Waals surface area contributed by atoms with Gasteiger partial charge in [0.1, 0.15) is 18.3 Å². The summed E-state index contributed by atoms with van der Waals surface area (Å²) in [6.07, 6.45) is -0.176. The fourth-order valence-electron chi connectivity index (χ4n) is 3.78. The van der Waals surface area contributed by atoms with E-state index in [1.54, 1.807) is 39.8 Å². The van der Waals surface area contributed by atoms with Crippen LogP contribution in [0.1, 0.15) is 41.0 Å². The van der Waals surface area contributed by atoms with Gasteiger partial charge in [-0.1, -0.05) is 6.58 Å². The number of rotatable bonds is 3. The van der Waals surface area contributed by atoms with Crippen molar-refractivity contribution in [2.24, 2.45) is 5.92 Å². The minimum absolute atomic E-state index is 0.120. The molecule has 2 heterocycles. The van der Waals surface area contributed by atoms with Crippen LogP contribution in [0.3, 0.4) is 0 Å². The molecule has 164 valence electrons. The molecule has 0 bridgehead atoms. The molecule has 30 heavy (non-hydrogen) atoms. The molecule has 0 saturated carbocycles. The van der Waals surface area contributed by atoms with Crippen LogP contribution >= 0.6 is 0 Å². The average molecular weight is 420 g/mol. The second kappa shape index (κ2) is 8.00. The quantitative estimate of drug-likeness (QED) is 0.242. The molecule has 2 aliphatic heterocycles. The summed E-state index contributed by atoms with van der Waals surface area (Å²) in [7, 11) is 0. The van der Waals surface area contributed by atoms with E-state index in [2.05, 4.69) is 6.58 Å². The summed E-state index contributed by atoms with van der Waals surface area (Å²) < 4.78 is 21.9. The third-order valence-corrected chi connectivity index (χ3v) is 6.04. The van der Waals surface area contributed by atoms with Crippen molar-refractivity contribution in [2.45, 2.75) is 77.2 Å². The highest BCUT2D eigenvalue weighted by Gasteiger charge is 2.58. The van der Waals surface area contributed by atoms with Crippen molar-refractivity contribution in [1.82, 2.24) is 0 Å². The number of ether oxygens (including phenoxy) is 4. The minimum Gasteiger partial charge on any atom is -0.458 e. The molecule has 0 aromatic carbocycles. The van der Waals surface area contributed by atoms with E-state index in [4.69, 9.17) is 18.9 Å². The van der Waals surface area contributed by atoms with E-state index in [1.165, 1.54) is 6.92 Å². The topological polar surface area (TPSA) is 112 Å². The van der Waals surface area contributed by atoms with Crippen LogP contribution in [-0.2, 0) is 33.3 Å². The third-order valence-electron chi connectivity index (χ3n) is 6.04. The van der Waals surface area contributed by atoms with Gasteiger partial charge in [0, 0.05) is 18.9 Å². The Kier molecular flexibility index (Phi) is 5.93. The molecule has 0 amide bonds. The maximum atomic E-state index is 12.7. The van der Waals surface area contributed by atoms with Gasteiger partial charge < -0.3 is 24.1 Å². The Morgan fingerprint density at radius 2 is 1.87 bits per heavy atom. The molecule has 3 rings (SSSR count). The van der Waals surface area contributed by atoms with Crippen LogP contribution < -0.4 is 0 Å². The Balaban J connectivity index is 1.99. The smallest absolute Gasteiger partial charge is 0.341 e. The fourth-order valence-corrected chi connectivity index (χ4v) is 3.78. The molecule has 2 saturated heterocycles. The van der Waals surface area contributed by atoms with E-state index >= 15 is 0 Å². The van der Waals surface area contributed by atoms with E-state index < -0.39 is 53.8 Å². The number of carbonyl (C=O) groups is 3. The standard InChI is InChI=1S/C22H28O8/c1-10-7-18(29-21(26)22(6)13(4)30-22)19-12(3)20(25)28-17(19)8-11(2)16(9-15(10)24)27-14(5)23/h7-8,13,15-19,24H,3,9H2,1-2,4-6H3/b10-7-,11-8-/t13-,15+,16+,17-,18-,19+,22-/m0/s1. The first-order chi connectivity index (χ1) is 13.9. The van der Waals surface area contributed by atoms with Gasteiger partial charge in [-0.2, -0.15) is 0 Å². The summed E-state index contributed by atoms with van der Waals surface area (Å²) in [6, 6.07) is 0. The van der Waals surface area contributed by atoms with Crippen LogP contribution in [0.25, 0.3) is 0 Å². The maximum absolute atomic E-state index is 12.7. The Labute approximate surface area is 175 Å². The van der Waals surface area contributed by atoms with Crippen LogP contribution in [0, 0.1) is 5.92 Å². The first-order valence-electron chi connectivity index (χ1n) is 9.94. The molecule has 1 N–H and O–H groups in total. The molecular formula is C22H28O8. The zero-order valence-electron chi connectivity index (χ0n) is 17.8. The number of aliphatic hydroxyl groups is 1. The van der Waals surface area contributed by atoms with Gasteiger partial charge in [-0.25, -0.2) is 9.59 Å². The first kappa shape index (κ1) is 22.2.